The molecule has 0 aromatic rings. The molecule has 0 atom stereocenters. The van der Waals surface area contributed by atoms with Gasteiger partial charge in [0.25, 0.3) is 0 Å². The number of hydrogen-bond donors (Lipinski definition) is 0. The number of nitriles is 3. The molecule has 0 N–H and O–H groups in total. The third-order valence-electron chi connectivity index (χ3n) is 0. The van der Waals surface area contributed by atoms with E-state index in [-0.39, 0.29) is 39.4 Å². The van der Waals surface area contributed by atoms with Crippen molar-refractivity contribution in [3.05, 3.63) is 0 Å². The Morgan fingerprint density at radius 1 is 0.625 bits per heavy atom. The predicted molar refractivity (Wildman–Crippen MR) is 20.0 cm³/mol. The average molecular weight is 342 g/mol. The van der Waals surface area contributed by atoms with Crippen LogP contribution in [0.1, 0.15) is 0 Å². The summed E-state index contributed by atoms with van der Waals surface area (Å²) in [7, 11) is 0. The average Bonchev–Trinajstić information content (AvgIpc) is 1.81. The summed E-state index contributed by atoms with van der Waals surface area (Å²) < 4.78 is 0. The Bertz CT molecular complexity index is 43.0. The van der Waals surface area contributed by atoms with Crippen molar-refractivity contribution >= 4 is 0 Å². The first-order chi connectivity index (χ1) is 3.00. The molecule has 0 rings (SSSR count). The van der Waals surface area contributed by atoms with E-state index in [1.165, 1.54) is 0 Å². The van der Waals surface area contributed by atoms with Crippen LogP contribution in [0.5, 0.6) is 0 Å². The Hall–Kier alpha value is -0.270. The molecule has 0 bridgehead atoms. The largest absolute Gasteiger partial charge is 0.202 e. The fourth-order valence-electron chi connectivity index (χ4n) is 0. The zero-order chi connectivity index (χ0) is 6.00. The second-order valence-corrected chi connectivity index (χ2v) is 0. The summed E-state index contributed by atoms with van der Waals surface area (Å²) in [6.45, 7) is 10.5. The third kappa shape index (κ3) is 1750. The van der Waals surface area contributed by atoms with Crippen molar-refractivity contribution in [1.82, 2.24) is 0 Å². The first kappa shape index (κ1) is 47.0. The van der Waals surface area contributed by atoms with Gasteiger partial charge in [0.15, 0.2) is 0 Å². The van der Waals surface area contributed by atoms with Crippen LogP contribution in [0.2, 0.25) is 0 Å². The Balaban J connectivity index is -0.00000000500. The van der Waals surface area contributed by atoms with E-state index in [1.807, 2.05) is 0 Å². The van der Waals surface area contributed by atoms with Crippen molar-refractivity contribution in [2.75, 3.05) is 0 Å². The minimum Gasteiger partial charge on any atom is -0.202 e. The molecule has 0 spiro atoms. The second-order valence-electron chi connectivity index (χ2n) is 0. The smallest absolute Gasteiger partial charge is 0.0462 e. The molecule has 8 heavy (non-hydrogen) atoms. The predicted octanol–water partition coefficient (Wildman–Crippen LogP) is 0.414. The van der Waals surface area contributed by atoms with Crippen LogP contribution < -0.4 is 0 Å². The number of rotatable bonds is 0. The molecule has 0 heterocycles. The summed E-state index contributed by atoms with van der Waals surface area (Å²) in [4.78, 5) is 0. The van der Waals surface area contributed by atoms with Gasteiger partial charge < -0.3 is 0 Å². The van der Waals surface area contributed by atoms with Gasteiger partial charge in [-0.15, -0.1) is 0 Å². The van der Waals surface area contributed by atoms with Crippen molar-refractivity contribution in [2.24, 2.45) is 0 Å². The van der Waals surface area contributed by atoms with E-state index >= 15 is 0 Å². The van der Waals surface area contributed by atoms with Crippen LogP contribution >= 0.6 is 0 Å². The topological polar surface area (TPSA) is 71.4 Å². The van der Waals surface area contributed by atoms with Crippen LogP contribution in [0.15, 0.2) is 0 Å². The molecule has 0 amide bonds. The molecule has 0 aromatic carbocycles. The second kappa shape index (κ2) is 3020. The fraction of sp³-hybridized carbons (Fsp3) is 0. The van der Waals surface area contributed by atoms with E-state index in [4.69, 9.17) is 15.8 Å². The zero-order valence-corrected chi connectivity index (χ0v) is 6.78. The van der Waals surface area contributed by atoms with Crippen molar-refractivity contribution in [1.29, 1.82) is 15.8 Å². The first-order valence-electron chi connectivity index (χ1n) is 0.775. The van der Waals surface area contributed by atoms with Gasteiger partial charge in [0.05, 0.1) is 0 Å². The van der Waals surface area contributed by atoms with Crippen molar-refractivity contribution in [3.8, 4) is 19.7 Å². The Kier molecular flexibility index (Phi) is 17800. The molecule has 0 aliphatic carbocycles. The Morgan fingerprint density at radius 2 is 0.625 bits per heavy atom. The molecule has 5 heteroatoms. The van der Waals surface area contributed by atoms with E-state index in [9.17, 15) is 0 Å². The molecule has 0 aliphatic rings. The van der Waals surface area contributed by atoms with Gasteiger partial charge in [-0.3, -0.25) is 0 Å². The quantitative estimate of drug-likeness (QED) is 0.599. The molecule has 0 aliphatic heterocycles. The van der Waals surface area contributed by atoms with Crippen LogP contribution in [-0.4, -0.2) is 0 Å². The fourth-order valence-corrected chi connectivity index (χ4v) is 0. The monoisotopic (exact) mass is 341 g/mol. The molecule has 0 unspecified atom stereocenters. The maximum absolute atomic E-state index is 6.50. The molecule has 3 nitrogen and oxygen atoms in total. The normalized spacial score (nSPS) is 0.750. The van der Waals surface area contributed by atoms with Gasteiger partial charge in [-0.25, -0.2) is 15.8 Å². The summed E-state index contributed by atoms with van der Waals surface area (Å²) in [6.07, 6.45) is 0. The maximum atomic E-state index is 6.50. The van der Waals surface area contributed by atoms with Gasteiger partial charge in [-0.1, -0.05) is 0 Å². The standard InChI is InChI=1S/3CHN.Au.Cu/c3*1-2;;/h3*1H;;. The molecule has 0 saturated heterocycles. The van der Waals surface area contributed by atoms with Crippen molar-refractivity contribution < 1.29 is 39.4 Å². The summed E-state index contributed by atoms with van der Waals surface area (Å²) in [5, 5.41) is 19.5. The van der Waals surface area contributed by atoms with Crippen molar-refractivity contribution in [2.45, 2.75) is 0 Å². The van der Waals surface area contributed by atoms with Crippen LogP contribution in [-0.2, 0) is 39.4 Å². The molecule has 0 saturated carbocycles. The van der Waals surface area contributed by atoms with Crippen LogP contribution in [0.3, 0.4) is 0 Å². The van der Waals surface area contributed by atoms with Crippen LogP contribution in [0.4, 0.5) is 0 Å². The van der Waals surface area contributed by atoms with Gasteiger partial charge in [0.2, 0.25) is 0 Å². The third-order valence-corrected chi connectivity index (χ3v) is 0. The van der Waals surface area contributed by atoms with Crippen LogP contribution in [0.25, 0.3) is 0 Å². The summed E-state index contributed by atoms with van der Waals surface area (Å²) in [6, 6.07) is 0. The summed E-state index contributed by atoms with van der Waals surface area (Å²) in [5.41, 5.74) is 0. The minimum absolute atomic E-state index is 0. The molecule has 0 aromatic heterocycles. The minimum atomic E-state index is 0. The molecule has 2 radical (unpaired) electrons. The van der Waals surface area contributed by atoms with Gasteiger partial charge in [0.1, 0.15) is 0 Å². The van der Waals surface area contributed by atoms with E-state index in [2.05, 4.69) is 19.7 Å². The number of nitrogens with zero attached hydrogens (tertiary/aromatic N) is 3. The van der Waals surface area contributed by atoms with Gasteiger partial charge in [0, 0.05) is 59.2 Å². The Labute approximate surface area is 74.9 Å². The van der Waals surface area contributed by atoms with E-state index < -0.39 is 0 Å². The van der Waals surface area contributed by atoms with E-state index in [0.717, 1.165) is 0 Å². The SMILES string of the molecule is C#N.C#N.C#N.[Au].[Cu]. The van der Waals surface area contributed by atoms with E-state index in [1.54, 1.807) is 0 Å². The first-order valence-corrected chi connectivity index (χ1v) is 0.775. The number of hydrogen-bond acceptors (Lipinski definition) is 3. The van der Waals surface area contributed by atoms with E-state index in [0.29, 0.717) is 0 Å². The molecule has 52 valence electrons. The van der Waals surface area contributed by atoms with Crippen LogP contribution in [0, 0.1) is 35.5 Å². The summed E-state index contributed by atoms with van der Waals surface area (Å²) in [5.74, 6) is 0. The van der Waals surface area contributed by atoms with Crippen molar-refractivity contribution in [3.63, 3.8) is 0 Å². The van der Waals surface area contributed by atoms with Gasteiger partial charge in [-0.2, -0.15) is 0 Å². The van der Waals surface area contributed by atoms with Gasteiger partial charge in [-0.05, 0) is 0 Å². The zero-order valence-electron chi connectivity index (χ0n) is 3.68. The maximum Gasteiger partial charge on any atom is 0.0462 e. The molecular formula is C3H3AuCuN3. The molecule has 0 fully saturated rings. The summed E-state index contributed by atoms with van der Waals surface area (Å²) >= 11 is 0. The molecular weight excluding hydrogens is 339 g/mol. The Morgan fingerprint density at radius 3 is 0.625 bits per heavy atom. The van der Waals surface area contributed by atoms with Gasteiger partial charge >= 0.3 is 0 Å².